The van der Waals surface area contributed by atoms with Crippen molar-refractivity contribution in [2.45, 2.75) is 56.4 Å². The number of piperazine rings is 1. The minimum Gasteiger partial charge on any atom is -0.493 e. The van der Waals surface area contributed by atoms with E-state index in [1.54, 1.807) is 33.8 Å². The van der Waals surface area contributed by atoms with Crippen molar-refractivity contribution < 1.29 is 40.1 Å². The summed E-state index contributed by atoms with van der Waals surface area (Å²) >= 11 is 0. The zero-order valence-corrected chi connectivity index (χ0v) is 27.2. The highest BCUT2D eigenvalue weighted by molar-refractivity contribution is 7.91. The average Bonchev–Trinajstić information content (AvgIpc) is 2.93. The zero-order chi connectivity index (χ0) is 32.7. The second kappa shape index (κ2) is 14.6. The highest BCUT2D eigenvalue weighted by Gasteiger charge is 2.34. The molecule has 2 aromatic rings. The highest BCUT2D eigenvalue weighted by Crippen LogP contribution is 2.30. The highest BCUT2D eigenvalue weighted by atomic mass is 32.2. The molecule has 44 heavy (non-hydrogen) atoms. The maximum Gasteiger partial charge on any atom is 0.442 e. The molecular formula is C28H41N5O9S2. The second-order valence-corrected chi connectivity index (χ2v) is 14.4. The summed E-state index contributed by atoms with van der Waals surface area (Å²) in [7, 11) is -8.66. The van der Waals surface area contributed by atoms with Gasteiger partial charge in [0.2, 0.25) is 16.0 Å². The number of aryl methyl sites for hydroxylation is 1. The molecule has 0 radical (unpaired) electrons. The van der Waals surface area contributed by atoms with Gasteiger partial charge in [-0.3, -0.25) is 10.2 Å². The molecule has 0 bridgehead atoms. The number of ether oxygens (including phenoxy) is 2. The Balaban J connectivity index is 1.67. The molecule has 244 valence electrons. The first-order valence-corrected chi connectivity index (χ1v) is 16.9. The van der Waals surface area contributed by atoms with Gasteiger partial charge in [0.05, 0.1) is 13.2 Å². The van der Waals surface area contributed by atoms with Crippen LogP contribution in [0.4, 0.5) is 4.79 Å². The maximum absolute atomic E-state index is 13.5. The van der Waals surface area contributed by atoms with E-state index in [1.165, 1.54) is 40.7 Å². The van der Waals surface area contributed by atoms with E-state index in [9.17, 15) is 21.6 Å². The third-order valence-electron chi connectivity index (χ3n) is 6.30. The number of nitrogens with one attached hydrogen (secondary N) is 1. The zero-order valence-electron chi connectivity index (χ0n) is 25.6. The summed E-state index contributed by atoms with van der Waals surface area (Å²) in [6.45, 7) is 11.2. The number of carbonyl (C=O) groups excluding carboxylic acids is 1. The normalized spacial score (nSPS) is 15.0. The van der Waals surface area contributed by atoms with Gasteiger partial charge < -0.3 is 24.3 Å². The number of nitrogens with zero attached hydrogens (tertiary/aromatic N) is 3. The molecule has 0 unspecified atom stereocenters. The molecule has 3 N–H and O–H groups in total. The lowest BCUT2D eigenvalue weighted by atomic mass is 10.2. The van der Waals surface area contributed by atoms with E-state index in [0.29, 0.717) is 29.5 Å². The SMILES string of the molecule is CCN1CCN(S(=O)(=O)c2ccccc2S(=O)(=O)Oc2cc(C)cc(OCCCON(C(=N)N)C(=O)OC(C)(C)C)c2)CC1. The Morgan fingerprint density at radius 3 is 2.18 bits per heavy atom. The Morgan fingerprint density at radius 1 is 0.977 bits per heavy atom. The van der Waals surface area contributed by atoms with Crippen molar-refractivity contribution in [3.8, 4) is 11.5 Å². The summed E-state index contributed by atoms with van der Waals surface area (Å²) in [4.78, 5) is 18.8. The first-order chi connectivity index (χ1) is 20.5. The number of hydrogen-bond donors (Lipinski definition) is 2. The van der Waals surface area contributed by atoms with E-state index >= 15 is 0 Å². The first-order valence-electron chi connectivity index (χ1n) is 14.0. The summed E-state index contributed by atoms with van der Waals surface area (Å²) < 4.78 is 71.3. The van der Waals surface area contributed by atoms with Gasteiger partial charge in [-0.2, -0.15) is 12.7 Å². The molecule has 3 rings (SSSR count). The van der Waals surface area contributed by atoms with Gasteiger partial charge in [-0.1, -0.05) is 19.1 Å². The van der Waals surface area contributed by atoms with Crippen molar-refractivity contribution in [2.24, 2.45) is 5.73 Å². The number of rotatable bonds is 12. The summed E-state index contributed by atoms with van der Waals surface area (Å²) in [5.41, 5.74) is 5.24. The van der Waals surface area contributed by atoms with Crippen LogP contribution >= 0.6 is 0 Å². The lowest BCUT2D eigenvalue weighted by molar-refractivity contribution is -0.103. The van der Waals surface area contributed by atoms with Gasteiger partial charge in [0, 0.05) is 38.7 Å². The number of amides is 1. The van der Waals surface area contributed by atoms with Gasteiger partial charge in [0.25, 0.3) is 0 Å². The molecule has 1 saturated heterocycles. The van der Waals surface area contributed by atoms with Gasteiger partial charge in [0.15, 0.2) is 0 Å². The topological polar surface area (TPSA) is 182 Å². The second-order valence-electron chi connectivity index (χ2n) is 11.0. The van der Waals surface area contributed by atoms with E-state index in [-0.39, 0.29) is 43.4 Å². The van der Waals surface area contributed by atoms with Gasteiger partial charge in [-0.05, 0) is 64.1 Å². The third kappa shape index (κ3) is 9.53. The number of sulfonamides is 1. The molecule has 1 aliphatic rings. The summed E-state index contributed by atoms with van der Waals surface area (Å²) in [5, 5.41) is 8.09. The standard InChI is InChI=1S/C28H41N5O9S2/c1-6-31-12-14-32(15-13-31)43(35,36)24-10-7-8-11-25(24)44(37,38)42-23-19-21(2)18-22(20-23)39-16-9-17-40-33(26(29)30)27(34)41-28(3,4)5/h7-8,10-11,18-20H,6,9,12-17H2,1-5H3,(H3,29,30). The predicted octanol–water partition coefficient (Wildman–Crippen LogP) is 2.92. The fraction of sp³-hybridized carbons (Fsp3) is 0.500. The van der Waals surface area contributed by atoms with Crippen LogP contribution in [0.2, 0.25) is 0 Å². The smallest absolute Gasteiger partial charge is 0.442 e. The molecule has 2 aromatic carbocycles. The summed E-state index contributed by atoms with van der Waals surface area (Å²) in [6, 6.07) is 9.90. The van der Waals surface area contributed by atoms with Gasteiger partial charge in [0.1, 0.15) is 26.9 Å². The van der Waals surface area contributed by atoms with Gasteiger partial charge in [-0.15, -0.1) is 5.06 Å². The molecule has 0 saturated carbocycles. The monoisotopic (exact) mass is 655 g/mol. The molecule has 1 fully saturated rings. The van der Waals surface area contributed by atoms with Crippen LogP contribution in [0.5, 0.6) is 11.5 Å². The minimum absolute atomic E-state index is 0.0405. The molecule has 0 aliphatic carbocycles. The van der Waals surface area contributed by atoms with Crippen molar-refractivity contribution in [3.63, 3.8) is 0 Å². The molecule has 0 atom stereocenters. The van der Waals surface area contributed by atoms with Crippen molar-refractivity contribution >= 4 is 32.2 Å². The van der Waals surface area contributed by atoms with Crippen molar-refractivity contribution in [3.05, 3.63) is 48.0 Å². The van der Waals surface area contributed by atoms with Crippen LogP contribution in [0, 0.1) is 12.3 Å². The fourth-order valence-electron chi connectivity index (χ4n) is 4.24. The van der Waals surface area contributed by atoms with Crippen molar-refractivity contribution in [2.75, 3.05) is 45.9 Å². The number of guanidine groups is 1. The quantitative estimate of drug-likeness (QED) is 0.113. The predicted molar refractivity (Wildman–Crippen MR) is 162 cm³/mol. The van der Waals surface area contributed by atoms with Crippen LogP contribution in [-0.4, -0.2) is 94.7 Å². The fourth-order valence-corrected chi connectivity index (χ4v) is 7.36. The van der Waals surface area contributed by atoms with Gasteiger partial charge >= 0.3 is 16.2 Å². The van der Waals surface area contributed by atoms with E-state index in [0.717, 1.165) is 6.54 Å². The average molecular weight is 656 g/mol. The summed E-state index contributed by atoms with van der Waals surface area (Å²) in [6.07, 6.45) is -0.659. The maximum atomic E-state index is 13.5. The van der Waals surface area contributed by atoms with Gasteiger partial charge in [-0.25, -0.2) is 13.2 Å². The molecular weight excluding hydrogens is 614 g/mol. The van der Waals surface area contributed by atoms with Crippen LogP contribution in [0.1, 0.15) is 39.7 Å². The Morgan fingerprint density at radius 2 is 1.59 bits per heavy atom. The Hall–Kier alpha value is -3.44. The van der Waals surface area contributed by atoms with E-state index in [1.807, 2.05) is 6.92 Å². The van der Waals surface area contributed by atoms with E-state index in [2.05, 4.69) is 4.90 Å². The van der Waals surface area contributed by atoms with Crippen molar-refractivity contribution in [1.82, 2.24) is 14.3 Å². The number of likely N-dealkylation sites (N-methyl/N-ethyl adjacent to an activating group) is 1. The number of hydroxylamine groups is 2. The lowest BCUT2D eigenvalue weighted by Gasteiger charge is -2.33. The molecule has 14 nitrogen and oxygen atoms in total. The molecule has 1 heterocycles. The Kier molecular flexibility index (Phi) is 11.6. The summed E-state index contributed by atoms with van der Waals surface area (Å²) in [5.74, 6) is -0.413. The number of hydrogen-bond acceptors (Lipinski definition) is 11. The molecule has 0 aromatic heterocycles. The van der Waals surface area contributed by atoms with Crippen LogP contribution < -0.4 is 14.7 Å². The Bertz CT molecular complexity index is 1530. The molecule has 0 spiro atoms. The minimum atomic E-state index is -4.56. The third-order valence-corrected chi connectivity index (χ3v) is 9.69. The van der Waals surface area contributed by atoms with Crippen LogP contribution in [0.25, 0.3) is 0 Å². The first kappa shape index (κ1) is 35.0. The van der Waals surface area contributed by atoms with E-state index in [4.69, 9.17) is 29.6 Å². The Labute approximate surface area is 259 Å². The van der Waals surface area contributed by atoms with Crippen LogP contribution in [0.15, 0.2) is 52.3 Å². The number of benzene rings is 2. The number of carbonyl (C=O) groups is 1. The largest absolute Gasteiger partial charge is 0.493 e. The van der Waals surface area contributed by atoms with Crippen molar-refractivity contribution in [1.29, 1.82) is 5.41 Å². The molecule has 1 aliphatic heterocycles. The molecule has 1 amide bonds. The van der Waals surface area contributed by atoms with Crippen LogP contribution in [-0.2, 0) is 29.7 Å². The molecule has 16 heteroatoms. The van der Waals surface area contributed by atoms with E-state index < -0.39 is 42.7 Å². The lowest BCUT2D eigenvalue weighted by Crippen LogP contribution is -2.48. The number of nitrogens with two attached hydrogens (primary N) is 1. The van der Waals surface area contributed by atoms with Crippen LogP contribution in [0.3, 0.4) is 0 Å².